The van der Waals surface area contributed by atoms with Crippen molar-refractivity contribution < 1.29 is 24.5 Å². The van der Waals surface area contributed by atoms with E-state index in [9.17, 15) is 14.7 Å². The van der Waals surface area contributed by atoms with E-state index in [1.807, 2.05) is 36.4 Å². The van der Waals surface area contributed by atoms with E-state index in [2.05, 4.69) is 5.32 Å². The van der Waals surface area contributed by atoms with Crippen molar-refractivity contribution >= 4 is 28.3 Å². The standard InChI is InChI=1S/C21H19NO5/c1-12(13-6-7-15-11-16(27-2)9-8-14(15)10-13)20(24)22-18-5-3-4-17(19(18)23)21(25)26/h3-12,23H,1-2H3,(H,22,24)(H,25,26). The van der Waals surface area contributed by atoms with Gasteiger partial charge >= 0.3 is 5.97 Å². The van der Waals surface area contributed by atoms with Crippen LogP contribution >= 0.6 is 0 Å². The molecule has 27 heavy (non-hydrogen) atoms. The molecule has 0 aliphatic heterocycles. The molecule has 0 bridgehead atoms. The first-order chi connectivity index (χ1) is 12.9. The lowest BCUT2D eigenvalue weighted by molar-refractivity contribution is -0.117. The number of aromatic carboxylic acids is 1. The van der Waals surface area contributed by atoms with E-state index in [0.717, 1.165) is 22.1 Å². The smallest absolute Gasteiger partial charge is 0.339 e. The third-order valence-electron chi connectivity index (χ3n) is 4.49. The van der Waals surface area contributed by atoms with E-state index in [-0.39, 0.29) is 17.2 Å². The molecule has 1 amide bonds. The van der Waals surface area contributed by atoms with E-state index in [1.54, 1.807) is 14.0 Å². The number of carbonyl (C=O) groups excluding carboxylic acids is 1. The third-order valence-corrected chi connectivity index (χ3v) is 4.49. The number of amides is 1. The minimum absolute atomic E-state index is 0.0669. The summed E-state index contributed by atoms with van der Waals surface area (Å²) >= 11 is 0. The molecule has 6 nitrogen and oxygen atoms in total. The first-order valence-corrected chi connectivity index (χ1v) is 8.34. The van der Waals surface area contributed by atoms with Gasteiger partial charge in [0.1, 0.15) is 11.3 Å². The predicted molar refractivity (Wildman–Crippen MR) is 103 cm³/mol. The van der Waals surface area contributed by atoms with Crippen molar-refractivity contribution in [3.05, 3.63) is 65.7 Å². The fraction of sp³-hybridized carbons (Fsp3) is 0.143. The SMILES string of the molecule is COc1ccc2cc(C(C)C(=O)Nc3cccc(C(=O)O)c3O)ccc2c1. The quantitative estimate of drug-likeness (QED) is 0.594. The Labute approximate surface area is 156 Å². The zero-order valence-electron chi connectivity index (χ0n) is 14.9. The highest BCUT2D eigenvalue weighted by molar-refractivity contribution is 6.00. The molecular weight excluding hydrogens is 346 g/mol. The molecule has 0 heterocycles. The molecule has 3 N–H and O–H groups in total. The van der Waals surface area contributed by atoms with Gasteiger partial charge in [-0.3, -0.25) is 4.79 Å². The molecule has 0 spiro atoms. The van der Waals surface area contributed by atoms with Crippen molar-refractivity contribution in [2.45, 2.75) is 12.8 Å². The molecule has 0 fully saturated rings. The number of carboxylic acid groups (broad SMARTS) is 1. The predicted octanol–water partition coefficient (Wildman–Crippen LogP) is 3.99. The second kappa shape index (κ2) is 7.37. The maximum absolute atomic E-state index is 12.6. The highest BCUT2D eigenvalue weighted by Gasteiger charge is 2.19. The molecule has 0 aliphatic carbocycles. The number of phenols is 1. The number of nitrogens with one attached hydrogen (secondary N) is 1. The Kier molecular flexibility index (Phi) is 4.98. The summed E-state index contributed by atoms with van der Waals surface area (Å²) in [6.45, 7) is 1.75. The van der Waals surface area contributed by atoms with Gasteiger partial charge in [0, 0.05) is 0 Å². The van der Waals surface area contributed by atoms with Crippen molar-refractivity contribution in [2.75, 3.05) is 12.4 Å². The van der Waals surface area contributed by atoms with Crippen LogP contribution in [0.3, 0.4) is 0 Å². The van der Waals surface area contributed by atoms with Crippen LogP contribution in [0.25, 0.3) is 10.8 Å². The van der Waals surface area contributed by atoms with Gasteiger partial charge < -0.3 is 20.3 Å². The van der Waals surface area contributed by atoms with Crippen LogP contribution < -0.4 is 10.1 Å². The van der Waals surface area contributed by atoms with E-state index in [1.165, 1.54) is 18.2 Å². The maximum atomic E-state index is 12.6. The Balaban J connectivity index is 1.84. The van der Waals surface area contributed by atoms with Crippen molar-refractivity contribution in [1.29, 1.82) is 0 Å². The van der Waals surface area contributed by atoms with Crippen molar-refractivity contribution in [1.82, 2.24) is 0 Å². The van der Waals surface area contributed by atoms with Gasteiger partial charge in [0.25, 0.3) is 0 Å². The Bertz CT molecular complexity index is 1030. The summed E-state index contributed by atoms with van der Waals surface area (Å²) in [6.07, 6.45) is 0. The molecular formula is C21H19NO5. The van der Waals surface area contributed by atoms with Crippen LogP contribution in [0, 0.1) is 0 Å². The average molecular weight is 365 g/mol. The lowest BCUT2D eigenvalue weighted by atomic mass is 9.97. The minimum atomic E-state index is -1.26. The molecule has 0 aromatic heterocycles. The summed E-state index contributed by atoms with van der Waals surface area (Å²) in [6, 6.07) is 15.6. The lowest BCUT2D eigenvalue weighted by Crippen LogP contribution is -2.19. The molecule has 1 unspecified atom stereocenters. The average Bonchev–Trinajstić information content (AvgIpc) is 2.67. The topological polar surface area (TPSA) is 95.9 Å². The normalized spacial score (nSPS) is 11.8. The number of methoxy groups -OCH3 is 1. The number of ether oxygens (including phenoxy) is 1. The zero-order chi connectivity index (χ0) is 19.6. The summed E-state index contributed by atoms with van der Waals surface area (Å²) < 4.78 is 5.21. The van der Waals surface area contributed by atoms with Gasteiger partial charge in [-0.05, 0) is 47.5 Å². The Morgan fingerprint density at radius 3 is 2.44 bits per heavy atom. The third kappa shape index (κ3) is 3.69. The first-order valence-electron chi connectivity index (χ1n) is 8.34. The number of hydrogen-bond donors (Lipinski definition) is 3. The fourth-order valence-corrected chi connectivity index (χ4v) is 2.85. The molecule has 3 aromatic carbocycles. The number of hydrogen-bond acceptors (Lipinski definition) is 4. The van der Waals surface area contributed by atoms with Crippen LogP contribution in [-0.4, -0.2) is 29.2 Å². The van der Waals surface area contributed by atoms with Crippen molar-refractivity contribution in [3.8, 4) is 11.5 Å². The van der Waals surface area contributed by atoms with E-state index >= 15 is 0 Å². The molecule has 1 atom stereocenters. The summed E-state index contributed by atoms with van der Waals surface area (Å²) in [4.78, 5) is 23.7. The molecule has 6 heteroatoms. The molecule has 0 aliphatic rings. The van der Waals surface area contributed by atoms with Gasteiger partial charge in [0.05, 0.1) is 18.7 Å². The Hall–Kier alpha value is -3.54. The van der Waals surface area contributed by atoms with Crippen LogP contribution in [0.5, 0.6) is 11.5 Å². The number of aromatic hydroxyl groups is 1. The zero-order valence-corrected chi connectivity index (χ0v) is 14.9. The lowest BCUT2D eigenvalue weighted by Gasteiger charge is -2.15. The van der Waals surface area contributed by atoms with Gasteiger partial charge in [-0.25, -0.2) is 4.79 Å². The monoisotopic (exact) mass is 365 g/mol. The Morgan fingerprint density at radius 1 is 1.04 bits per heavy atom. The number of benzene rings is 3. The molecule has 138 valence electrons. The number of carbonyl (C=O) groups is 2. The van der Waals surface area contributed by atoms with Gasteiger partial charge in [0.15, 0.2) is 5.75 Å². The van der Waals surface area contributed by atoms with Gasteiger partial charge in [-0.1, -0.05) is 30.3 Å². The summed E-state index contributed by atoms with van der Waals surface area (Å²) in [5, 5.41) is 23.7. The van der Waals surface area contributed by atoms with Gasteiger partial charge in [-0.2, -0.15) is 0 Å². The Morgan fingerprint density at radius 2 is 1.74 bits per heavy atom. The molecule has 3 rings (SSSR count). The molecule has 3 aromatic rings. The van der Waals surface area contributed by atoms with Crippen LogP contribution in [0.2, 0.25) is 0 Å². The molecule has 0 saturated carbocycles. The van der Waals surface area contributed by atoms with E-state index in [4.69, 9.17) is 9.84 Å². The minimum Gasteiger partial charge on any atom is -0.505 e. The van der Waals surface area contributed by atoms with Crippen LogP contribution in [0.1, 0.15) is 28.8 Å². The molecule has 0 saturated heterocycles. The number of fused-ring (bicyclic) bond motifs is 1. The van der Waals surface area contributed by atoms with Crippen molar-refractivity contribution in [3.63, 3.8) is 0 Å². The maximum Gasteiger partial charge on any atom is 0.339 e. The first kappa shape index (κ1) is 18.3. The van der Waals surface area contributed by atoms with Crippen LogP contribution in [-0.2, 0) is 4.79 Å². The summed E-state index contributed by atoms with van der Waals surface area (Å²) in [5.41, 5.74) is 0.608. The van der Waals surface area contributed by atoms with Crippen molar-refractivity contribution in [2.24, 2.45) is 0 Å². The number of anilines is 1. The number of rotatable bonds is 5. The summed E-state index contributed by atoms with van der Waals surface area (Å²) in [7, 11) is 1.61. The highest BCUT2D eigenvalue weighted by atomic mass is 16.5. The summed E-state index contributed by atoms with van der Waals surface area (Å²) in [5.74, 6) is -1.81. The van der Waals surface area contributed by atoms with Crippen LogP contribution in [0.15, 0.2) is 54.6 Å². The second-order valence-electron chi connectivity index (χ2n) is 6.19. The highest BCUT2D eigenvalue weighted by Crippen LogP contribution is 2.30. The number of para-hydroxylation sites is 1. The van der Waals surface area contributed by atoms with Crippen LogP contribution in [0.4, 0.5) is 5.69 Å². The number of carboxylic acids is 1. The molecule has 0 radical (unpaired) electrons. The fourth-order valence-electron chi connectivity index (χ4n) is 2.85. The van der Waals surface area contributed by atoms with Gasteiger partial charge in [0.2, 0.25) is 5.91 Å². The largest absolute Gasteiger partial charge is 0.505 e. The van der Waals surface area contributed by atoms with Gasteiger partial charge in [-0.15, -0.1) is 0 Å². The second-order valence-corrected chi connectivity index (χ2v) is 6.19. The van der Waals surface area contributed by atoms with E-state index in [0.29, 0.717) is 0 Å². The van der Waals surface area contributed by atoms with E-state index < -0.39 is 17.6 Å².